The molecule has 3 rings (SSSR count). The third kappa shape index (κ3) is 1.61. The highest BCUT2D eigenvalue weighted by atomic mass is 19.3. The van der Waals surface area contributed by atoms with Crippen molar-refractivity contribution in [3.63, 3.8) is 0 Å². The monoisotopic (exact) mass is 262 g/mol. The lowest BCUT2D eigenvalue weighted by Gasteiger charge is -2.19. The Morgan fingerprint density at radius 1 is 1.53 bits per heavy atom. The van der Waals surface area contributed by atoms with Gasteiger partial charge in [0.05, 0.1) is 17.7 Å². The molecule has 0 bridgehead atoms. The molecule has 98 valence electrons. The molecule has 0 spiro atoms. The third-order valence-electron chi connectivity index (χ3n) is 3.64. The fourth-order valence-electron chi connectivity index (χ4n) is 2.84. The van der Waals surface area contributed by atoms with Crippen LogP contribution in [0.5, 0.6) is 0 Å². The van der Waals surface area contributed by atoms with E-state index in [1.165, 1.54) is 10.6 Å². The van der Waals surface area contributed by atoms with Crippen molar-refractivity contribution in [2.45, 2.75) is 38.0 Å². The van der Waals surface area contributed by atoms with Gasteiger partial charge in [-0.05, 0) is 6.42 Å². The van der Waals surface area contributed by atoms with E-state index in [1.54, 1.807) is 6.20 Å². The predicted molar refractivity (Wildman–Crippen MR) is 63.9 cm³/mol. The van der Waals surface area contributed by atoms with E-state index in [1.807, 2.05) is 13.8 Å². The lowest BCUT2D eigenvalue weighted by Crippen LogP contribution is -2.17. The van der Waals surface area contributed by atoms with E-state index in [9.17, 15) is 14.0 Å². The molecule has 1 unspecified atom stereocenters. The number of fused-ring (bicyclic) bond motifs is 3. The van der Waals surface area contributed by atoms with Crippen molar-refractivity contribution in [2.75, 3.05) is 0 Å². The second kappa shape index (κ2) is 3.73. The van der Waals surface area contributed by atoms with Crippen molar-refractivity contribution in [3.05, 3.63) is 29.2 Å². The van der Waals surface area contributed by atoms with Gasteiger partial charge < -0.3 is 0 Å². The first-order valence-corrected chi connectivity index (χ1v) is 6.01. The average molecular weight is 262 g/mol. The number of hydrogen-bond acceptors (Lipinski definition) is 3. The van der Waals surface area contributed by atoms with E-state index in [0.29, 0.717) is 12.1 Å². The van der Waals surface area contributed by atoms with Gasteiger partial charge in [0.25, 0.3) is 6.43 Å². The number of nitriles is 1. The van der Waals surface area contributed by atoms with Gasteiger partial charge in [-0.1, -0.05) is 13.8 Å². The number of nitrogens with zero attached hydrogens (tertiary/aromatic N) is 4. The van der Waals surface area contributed by atoms with Gasteiger partial charge in [0.2, 0.25) is 0 Å². The van der Waals surface area contributed by atoms with E-state index in [4.69, 9.17) is 0 Å². The Morgan fingerprint density at radius 3 is 2.89 bits per heavy atom. The lowest BCUT2D eigenvalue weighted by atomic mass is 9.89. The molecule has 0 N–H and O–H groups in total. The standard InChI is InChI=1S/C13H12F2N4/c1-13(2)4-7(5-16)8-6-17-10-3-9(12(14)15)18-19(10)11(8)13/h3,6-7,12H,4H2,1-2H3. The van der Waals surface area contributed by atoms with Crippen LogP contribution < -0.4 is 0 Å². The molecule has 0 amide bonds. The lowest BCUT2D eigenvalue weighted by molar-refractivity contribution is 0.145. The van der Waals surface area contributed by atoms with Crippen LogP contribution in [0.1, 0.15) is 49.6 Å². The quantitative estimate of drug-likeness (QED) is 0.794. The van der Waals surface area contributed by atoms with Gasteiger partial charge >= 0.3 is 0 Å². The van der Waals surface area contributed by atoms with Crippen LogP contribution in [0.25, 0.3) is 5.65 Å². The summed E-state index contributed by atoms with van der Waals surface area (Å²) in [6, 6.07) is 3.53. The molecule has 0 aliphatic heterocycles. The van der Waals surface area contributed by atoms with Crippen LogP contribution in [0.15, 0.2) is 12.3 Å². The molecule has 2 heterocycles. The summed E-state index contributed by atoms with van der Waals surface area (Å²) in [6.07, 6.45) is -0.345. The Morgan fingerprint density at radius 2 is 2.26 bits per heavy atom. The molecular weight excluding hydrogens is 250 g/mol. The van der Waals surface area contributed by atoms with Crippen LogP contribution in [0.4, 0.5) is 8.78 Å². The van der Waals surface area contributed by atoms with Crippen LogP contribution in [0.2, 0.25) is 0 Å². The number of aromatic nitrogens is 3. The molecule has 0 saturated heterocycles. The van der Waals surface area contributed by atoms with Crippen LogP contribution in [-0.2, 0) is 5.41 Å². The van der Waals surface area contributed by atoms with Crippen molar-refractivity contribution in [3.8, 4) is 6.07 Å². The fourth-order valence-corrected chi connectivity index (χ4v) is 2.84. The van der Waals surface area contributed by atoms with Gasteiger partial charge in [-0.15, -0.1) is 0 Å². The number of hydrogen-bond donors (Lipinski definition) is 0. The minimum Gasteiger partial charge on any atom is -0.237 e. The highest BCUT2D eigenvalue weighted by Crippen LogP contribution is 2.45. The van der Waals surface area contributed by atoms with Crippen LogP contribution >= 0.6 is 0 Å². The van der Waals surface area contributed by atoms with E-state index < -0.39 is 6.43 Å². The second-order valence-corrected chi connectivity index (χ2v) is 5.47. The van der Waals surface area contributed by atoms with E-state index in [-0.39, 0.29) is 17.0 Å². The van der Waals surface area contributed by atoms with Crippen molar-refractivity contribution >= 4 is 5.65 Å². The summed E-state index contributed by atoms with van der Waals surface area (Å²) in [4.78, 5) is 4.14. The van der Waals surface area contributed by atoms with E-state index >= 15 is 0 Å². The third-order valence-corrected chi connectivity index (χ3v) is 3.64. The van der Waals surface area contributed by atoms with E-state index in [0.717, 1.165) is 11.3 Å². The molecule has 2 aromatic rings. The van der Waals surface area contributed by atoms with Crippen LogP contribution in [0, 0.1) is 11.3 Å². The smallest absolute Gasteiger partial charge is 0.237 e. The normalized spacial score (nSPS) is 20.7. The summed E-state index contributed by atoms with van der Waals surface area (Å²) in [5, 5.41) is 13.1. The Hall–Kier alpha value is -2.03. The Labute approximate surface area is 108 Å². The first-order chi connectivity index (χ1) is 8.94. The first-order valence-electron chi connectivity index (χ1n) is 6.01. The zero-order valence-electron chi connectivity index (χ0n) is 10.6. The SMILES string of the molecule is CC1(C)CC(C#N)c2cnc3cc(C(F)F)nn3c21. The van der Waals surface area contributed by atoms with Crippen LogP contribution in [0.3, 0.4) is 0 Å². The molecule has 0 saturated carbocycles. The Balaban J connectivity index is 2.32. The molecule has 0 radical (unpaired) electrons. The zero-order chi connectivity index (χ0) is 13.8. The summed E-state index contributed by atoms with van der Waals surface area (Å²) >= 11 is 0. The van der Waals surface area contributed by atoms with E-state index in [2.05, 4.69) is 16.2 Å². The molecule has 6 heteroatoms. The van der Waals surface area contributed by atoms with Gasteiger partial charge in [-0.2, -0.15) is 10.4 Å². The maximum Gasteiger partial charge on any atom is 0.282 e. The molecule has 0 aromatic carbocycles. The molecule has 19 heavy (non-hydrogen) atoms. The molecule has 1 aliphatic carbocycles. The molecule has 0 fully saturated rings. The maximum atomic E-state index is 12.7. The van der Waals surface area contributed by atoms with Gasteiger partial charge in [0.1, 0.15) is 5.69 Å². The topological polar surface area (TPSA) is 54.0 Å². The summed E-state index contributed by atoms with van der Waals surface area (Å²) < 4.78 is 26.9. The average Bonchev–Trinajstić information content (AvgIpc) is 2.87. The highest BCUT2D eigenvalue weighted by molar-refractivity contribution is 5.48. The molecule has 1 atom stereocenters. The Kier molecular flexibility index (Phi) is 2.36. The number of rotatable bonds is 1. The summed E-state index contributed by atoms with van der Waals surface area (Å²) in [5.74, 6) is -0.249. The van der Waals surface area contributed by atoms with Crippen molar-refractivity contribution in [1.82, 2.24) is 14.6 Å². The molecular formula is C13H12F2N4. The molecule has 1 aliphatic rings. The number of halogens is 2. The fraction of sp³-hybridized carbons (Fsp3) is 0.462. The first kappa shape index (κ1) is 12.0. The highest BCUT2D eigenvalue weighted by Gasteiger charge is 2.40. The minimum absolute atomic E-state index is 0.249. The van der Waals surface area contributed by atoms with Crippen molar-refractivity contribution in [2.24, 2.45) is 0 Å². The van der Waals surface area contributed by atoms with Gasteiger partial charge in [-0.3, -0.25) is 0 Å². The summed E-state index contributed by atoms with van der Waals surface area (Å²) in [7, 11) is 0. The summed E-state index contributed by atoms with van der Waals surface area (Å²) in [5.41, 5.74) is 1.46. The van der Waals surface area contributed by atoms with Crippen LogP contribution in [-0.4, -0.2) is 14.6 Å². The van der Waals surface area contributed by atoms with Crippen molar-refractivity contribution in [1.29, 1.82) is 5.26 Å². The van der Waals surface area contributed by atoms with Gasteiger partial charge in [0.15, 0.2) is 5.65 Å². The predicted octanol–water partition coefficient (Wildman–Crippen LogP) is 2.96. The van der Waals surface area contributed by atoms with Gasteiger partial charge in [0, 0.05) is 23.2 Å². The molecule has 2 aromatic heterocycles. The Bertz CT molecular complexity index is 696. The van der Waals surface area contributed by atoms with Crippen molar-refractivity contribution < 1.29 is 8.78 Å². The maximum absolute atomic E-state index is 12.7. The number of alkyl halides is 2. The minimum atomic E-state index is -2.62. The second-order valence-electron chi connectivity index (χ2n) is 5.47. The largest absolute Gasteiger partial charge is 0.282 e. The van der Waals surface area contributed by atoms with Gasteiger partial charge in [-0.25, -0.2) is 18.3 Å². The zero-order valence-corrected chi connectivity index (χ0v) is 10.6. The molecule has 4 nitrogen and oxygen atoms in total. The summed E-state index contributed by atoms with van der Waals surface area (Å²) in [6.45, 7) is 3.98.